The summed E-state index contributed by atoms with van der Waals surface area (Å²) in [6.45, 7) is 6.77. The van der Waals surface area contributed by atoms with Gasteiger partial charge in [-0.05, 0) is 18.6 Å². The van der Waals surface area contributed by atoms with Gasteiger partial charge in [0, 0.05) is 52.2 Å². The van der Waals surface area contributed by atoms with Gasteiger partial charge in [-0.15, -0.1) is 0 Å². The van der Waals surface area contributed by atoms with Crippen LogP contribution in [-0.4, -0.2) is 87.0 Å². The highest BCUT2D eigenvalue weighted by Gasteiger charge is 2.37. The number of halogens is 1. The number of carbonyl (C=O) groups is 1. The summed E-state index contributed by atoms with van der Waals surface area (Å²) in [5, 5.41) is 0.219. The molecule has 27 heavy (non-hydrogen) atoms. The number of amides is 1. The topological polar surface area (TPSA) is 70.2 Å². The molecule has 1 aromatic rings. The van der Waals surface area contributed by atoms with Crippen LogP contribution < -0.4 is 0 Å². The van der Waals surface area contributed by atoms with E-state index in [4.69, 9.17) is 16.3 Å². The Kier molecular flexibility index (Phi) is 6.75. The fraction of sp³-hybridized carbons (Fsp3) is 0.611. The Hall–Kier alpha value is -1.19. The summed E-state index contributed by atoms with van der Waals surface area (Å²) in [5.41, 5.74) is 0. The van der Waals surface area contributed by atoms with Crippen LogP contribution in [0.3, 0.4) is 0 Å². The van der Waals surface area contributed by atoms with Crippen LogP contribution in [0.25, 0.3) is 0 Å². The molecule has 2 aliphatic rings. The lowest BCUT2D eigenvalue weighted by molar-refractivity contribution is -0.131. The summed E-state index contributed by atoms with van der Waals surface area (Å²) in [4.78, 5) is 16.4. The van der Waals surface area contributed by atoms with Crippen LogP contribution in [0.1, 0.15) is 13.3 Å². The monoisotopic (exact) mass is 415 g/mol. The summed E-state index contributed by atoms with van der Waals surface area (Å²) in [6.07, 6.45) is 0.631. The van der Waals surface area contributed by atoms with Crippen LogP contribution in [0, 0.1) is 0 Å². The van der Waals surface area contributed by atoms with Crippen LogP contribution in [0.15, 0.2) is 29.2 Å². The highest BCUT2D eigenvalue weighted by molar-refractivity contribution is 7.89. The molecular formula is C18H26ClN3O4S. The Balaban J connectivity index is 1.65. The molecule has 2 aliphatic heterocycles. The van der Waals surface area contributed by atoms with Gasteiger partial charge in [0.1, 0.15) is 4.90 Å². The second-order valence-corrected chi connectivity index (χ2v) is 9.22. The van der Waals surface area contributed by atoms with Crippen molar-refractivity contribution >= 4 is 27.5 Å². The van der Waals surface area contributed by atoms with Crippen LogP contribution in [0.2, 0.25) is 5.02 Å². The van der Waals surface area contributed by atoms with Gasteiger partial charge in [-0.3, -0.25) is 9.69 Å². The molecule has 0 bridgehead atoms. The number of rotatable bonds is 6. The van der Waals surface area contributed by atoms with E-state index in [1.165, 1.54) is 10.4 Å². The normalized spacial score (nSPS) is 22.1. The highest BCUT2D eigenvalue weighted by Crippen LogP contribution is 2.28. The van der Waals surface area contributed by atoms with Gasteiger partial charge in [-0.25, -0.2) is 8.42 Å². The largest absolute Gasteiger partial charge is 0.379 e. The maximum Gasteiger partial charge on any atom is 0.244 e. The van der Waals surface area contributed by atoms with Crippen LogP contribution in [-0.2, 0) is 19.6 Å². The number of sulfonamides is 1. The van der Waals surface area contributed by atoms with Gasteiger partial charge in [-0.1, -0.05) is 23.7 Å². The lowest BCUT2D eigenvalue weighted by atomic mass is 10.2. The molecule has 0 saturated carbocycles. The van der Waals surface area contributed by atoms with E-state index in [0.717, 1.165) is 19.6 Å². The zero-order valence-corrected chi connectivity index (χ0v) is 17.1. The number of benzene rings is 1. The predicted octanol–water partition coefficient (Wildman–Crippen LogP) is 1.28. The minimum absolute atomic E-state index is 0.0229. The van der Waals surface area contributed by atoms with E-state index in [-0.39, 0.29) is 21.9 Å². The molecule has 2 fully saturated rings. The average Bonchev–Trinajstić information content (AvgIpc) is 3.13. The molecule has 3 rings (SSSR count). The number of nitrogens with zero attached hydrogens (tertiary/aromatic N) is 3. The summed E-state index contributed by atoms with van der Waals surface area (Å²) >= 11 is 6.09. The van der Waals surface area contributed by atoms with Crippen LogP contribution in [0.4, 0.5) is 0 Å². The molecule has 150 valence electrons. The molecule has 2 heterocycles. The van der Waals surface area contributed by atoms with Crippen molar-refractivity contribution in [1.29, 1.82) is 0 Å². The second-order valence-electron chi connectivity index (χ2n) is 6.90. The van der Waals surface area contributed by atoms with Gasteiger partial charge < -0.3 is 9.64 Å². The van der Waals surface area contributed by atoms with Crippen molar-refractivity contribution in [3.8, 4) is 0 Å². The van der Waals surface area contributed by atoms with Crippen molar-refractivity contribution in [2.24, 2.45) is 0 Å². The van der Waals surface area contributed by atoms with E-state index in [1.54, 1.807) is 30.0 Å². The lowest BCUT2D eigenvalue weighted by Crippen LogP contribution is -2.47. The Labute approximate surface area is 165 Å². The zero-order chi connectivity index (χ0) is 19.4. The summed E-state index contributed by atoms with van der Waals surface area (Å²) in [5.74, 6) is -0.0229. The first-order valence-electron chi connectivity index (χ1n) is 9.21. The molecule has 1 atom stereocenters. The Morgan fingerprint density at radius 2 is 1.96 bits per heavy atom. The molecule has 2 saturated heterocycles. The minimum Gasteiger partial charge on any atom is -0.379 e. The van der Waals surface area contributed by atoms with E-state index >= 15 is 0 Å². The first-order valence-corrected chi connectivity index (χ1v) is 11.0. The molecule has 9 heteroatoms. The summed E-state index contributed by atoms with van der Waals surface area (Å²) in [7, 11) is -3.66. The van der Waals surface area contributed by atoms with Gasteiger partial charge in [0.2, 0.25) is 15.9 Å². The van der Waals surface area contributed by atoms with Crippen molar-refractivity contribution < 1.29 is 17.9 Å². The SMILES string of the molecule is CC(=O)N(CCN1CCOCC1)C1CCN(S(=O)(=O)c2ccccc2Cl)C1. The highest BCUT2D eigenvalue weighted by atomic mass is 35.5. The van der Waals surface area contributed by atoms with Crippen molar-refractivity contribution in [3.05, 3.63) is 29.3 Å². The fourth-order valence-electron chi connectivity index (χ4n) is 3.65. The molecule has 0 radical (unpaired) electrons. The smallest absolute Gasteiger partial charge is 0.244 e. The molecule has 0 spiro atoms. The number of ether oxygens (including phenoxy) is 1. The van der Waals surface area contributed by atoms with Gasteiger partial charge in [0.25, 0.3) is 0 Å². The van der Waals surface area contributed by atoms with Crippen molar-refractivity contribution in [2.75, 3.05) is 52.5 Å². The first kappa shape index (κ1) is 20.5. The summed E-state index contributed by atoms with van der Waals surface area (Å²) < 4.78 is 32.6. The average molecular weight is 416 g/mol. The molecule has 1 aromatic carbocycles. The Morgan fingerprint density at radius 1 is 1.26 bits per heavy atom. The zero-order valence-electron chi connectivity index (χ0n) is 15.5. The van der Waals surface area contributed by atoms with E-state index in [9.17, 15) is 13.2 Å². The lowest BCUT2D eigenvalue weighted by Gasteiger charge is -2.32. The number of carbonyl (C=O) groups excluding carboxylic acids is 1. The maximum atomic E-state index is 12.9. The van der Waals surface area contributed by atoms with E-state index in [2.05, 4.69) is 4.90 Å². The van der Waals surface area contributed by atoms with E-state index in [0.29, 0.717) is 39.3 Å². The number of morpholine rings is 1. The molecule has 7 nitrogen and oxygen atoms in total. The van der Waals surface area contributed by atoms with Crippen molar-refractivity contribution in [3.63, 3.8) is 0 Å². The van der Waals surface area contributed by atoms with Gasteiger partial charge in [-0.2, -0.15) is 4.31 Å². The van der Waals surface area contributed by atoms with Crippen molar-refractivity contribution in [1.82, 2.24) is 14.1 Å². The first-order chi connectivity index (χ1) is 12.9. The van der Waals surface area contributed by atoms with Crippen molar-refractivity contribution in [2.45, 2.75) is 24.3 Å². The van der Waals surface area contributed by atoms with Crippen LogP contribution >= 0.6 is 11.6 Å². The molecule has 0 aliphatic carbocycles. The summed E-state index contributed by atoms with van der Waals surface area (Å²) in [6, 6.07) is 6.35. The third-order valence-electron chi connectivity index (χ3n) is 5.19. The fourth-order valence-corrected chi connectivity index (χ4v) is 5.63. The van der Waals surface area contributed by atoms with Gasteiger partial charge >= 0.3 is 0 Å². The number of hydrogen-bond acceptors (Lipinski definition) is 5. The maximum absolute atomic E-state index is 12.9. The molecule has 1 unspecified atom stereocenters. The molecule has 0 N–H and O–H groups in total. The minimum atomic E-state index is -3.66. The quantitative estimate of drug-likeness (QED) is 0.700. The Bertz CT molecular complexity index is 768. The van der Waals surface area contributed by atoms with Gasteiger partial charge in [0.05, 0.1) is 18.2 Å². The van der Waals surface area contributed by atoms with E-state index < -0.39 is 10.0 Å². The molecule has 1 amide bonds. The standard InChI is InChI=1S/C18H26ClN3O4S/c1-15(23)22(9-8-20-10-12-26-13-11-20)16-6-7-21(14-16)27(24,25)18-5-3-2-4-17(18)19/h2-5,16H,6-14H2,1H3. The van der Waals surface area contributed by atoms with Crippen LogP contribution in [0.5, 0.6) is 0 Å². The predicted molar refractivity (Wildman–Crippen MR) is 103 cm³/mol. The molecular weight excluding hydrogens is 390 g/mol. The van der Waals surface area contributed by atoms with E-state index in [1.807, 2.05) is 0 Å². The Morgan fingerprint density at radius 3 is 2.63 bits per heavy atom. The van der Waals surface area contributed by atoms with Gasteiger partial charge in [0.15, 0.2) is 0 Å². The third-order valence-corrected chi connectivity index (χ3v) is 7.55. The third kappa shape index (κ3) is 4.81. The number of hydrogen-bond donors (Lipinski definition) is 0. The molecule has 0 aromatic heterocycles. The second kappa shape index (κ2) is 8.87.